The lowest BCUT2D eigenvalue weighted by atomic mass is 10.2. The molecule has 3 rings (SSSR count). The van der Waals surface area contributed by atoms with Gasteiger partial charge in [-0.25, -0.2) is 0 Å². The number of nitrogens with zero attached hydrogens (tertiary/aromatic N) is 1. The van der Waals surface area contributed by atoms with Gasteiger partial charge in [0.05, 0.1) is 12.5 Å². The van der Waals surface area contributed by atoms with Crippen molar-refractivity contribution in [2.75, 3.05) is 7.11 Å². The van der Waals surface area contributed by atoms with Gasteiger partial charge >= 0.3 is 0 Å². The molecule has 0 N–H and O–H groups in total. The molecule has 4 heteroatoms. The Bertz CT molecular complexity index is 911. The Morgan fingerprint density at radius 2 is 1.59 bits per heavy atom. The SMILES string of the molecule is COc1cccc(=O)c2c(C)n(-c3ccc(I)cc3)c(C)c12. The number of hydrogen-bond donors (Lipinski definition) is 0. The van der Waals surface area contributed by atoms with Crippen LogP contribution < -0.4 is 10.2 Å². The molecule has 0 spiro atoms. The van der Waals surface area contributed by atoms with Crippen LogP contribution in [-0.4, -0.2) is 11.7 Å². The zero-order valence-electron chi connectivity index (χ0n) is 12.7. The van der Waals surface area contributed by atoms with E-state index in [4.69, 9.17) is 4.74 Å². The average molecular weight is 405 g/mol. The molecule has 0 bridgehead atoms. The van der Waals surface area contributed by atoms with Crippen LogP contribution in [0.2, 0.25) is 0 Å². The Morgan fingerprint density at radius 3 is 2.23 bits per heavy atom. The highest BCUT2D eigenvalue weighted by molar-refractivity contribution is 14.1. The van der Waals surface area contributed by atoms with Gasteiger partial charge < -0.3 is 9.30 Å². The Morgan fingerprint density at radius 1 is 0.955 bits per heavy atom. The molecule has 0 fully saturated rings. The summed E-state index contributed by atoms with van der Waals surface area (Å²) >= 11 is 2.29. The second kappa shape index (κ2) is 5.76. The van der Waals surface area contributed by atoms with Crippen molar-refractivity contribution in [3.05, 3.63) is 67.6 Å². The van der Waals surface area contributed by atoms with E-state index in [1.807, 2.05) is 19.9 Å². The van der Waals surface area contributed by atoms with E-state index in [1.165, 1.54) is 3.57 Å². The molecule has 0 atom stereocenters. The number of fused-ring (bicyclic) bond motifs is 1. The van der Waals surface area contributed by atoms with Crippen molar-refractivity contribution in [3.63, 3.8) is 0 Å². The van der Waals surface area contributed by atoms with Gasteiger partial charge in [-0.05, 0) is 72.8 Å². The number of hydrogen-bond acceptors (Lipinski definition) is 2. The monoisotopic (exact) mass is 405 g/mol. The van der Waals surface area contributed by atoms with Gasteiger partial charge in [-0.2, -0.15) is 0 Å². The molecule has 22 heavy (non-hydrogen) atoms. The van der Waals surface area contributed by atoms with Gasteiger partial charge in [0, 0.05) is 26.0 Å². The third-order valence-corrected chi connectivity index (χ3v) is 4.66. The maximum absolute atomic E-state index is 12.4. The van der Waals surface area contributed by atoms with E-state index in [-0.39, 0.29) is 5.43 Å². The zero-order valence-corrected chi connectivity index (χ0v) is 14.8. The predicted octanol–water partition coefficient (Wildman–Crippen LogP) is 4.22. The van der Waals surface area contributed by atoms with E-state index in [0.29, 0.717) is 0 Å². The summed E-state index contributed by atoms with van der Waals surface area (Å²) in [6.07, 6.45) is 0. The second-order valence-corrected chi connectivity index (χ2v) is 6.44. The Balaban J connectivity index is 2.47. The predicted molar refractivity (Wildman–Crippen MR) is 98.3 cm³/mol. The summed E-state index contributed by atoms with van der Waals surface area (Å²) in [5.41, 5.74) is 3.02. The molecule has 3 aromatic rings. The first-order valence-corrected chi connectivity index (χ1v) is 8.07. The van der Waals surface area contributed by atoms with Crippen molar-refractivity contribution in [1.29, 1.82) is 0 Å². The van der Waals surface area contributed by atoms with E-state index in [1.54, 1.807) is 19.2 Å². The van der Waals surface area contributed by atoms with Crippen LogP contribution in [0.1, 0.15) is 11.4 Å². The fourth-order valence-corrected chi connectivity index (χ4v) is 3.34. The Kier molecular flexibility index (Phi) is 3.95. The summed E-state index contributed by atoms with van der Waals surface area (Å²) in [6, 6.07) is 13.4. The lowest BCUT2D eigenvalue weighted by Gasteiger charge is -2.09. The molecule has 1 heterocycles. The largest absolute Gasteiger partial charge is 0.496 e. The summed E-state index contributed by atoms with van der Waals surface area (Å²) in [5.74, 6) is 0.724. The van der Waals surface area contributed by atoms with Gasteiger partial charge in [-0.1, -0.05) is 6.07 Å². The first-order valence-electron chi connectivity index (χ1n) is 6.99. The number of methoxy groups -OCH3 is 1. The normalized spacial score (nSPS) is 10.9. The van der Waals surface area contributed by atoms with Crippen LogP contribution in [-0.2, 0) is 0 Å². The fourth-order valence-electron chi connectivity index (χ4n) is 2.98. The van der Waals surface area contributed by atoms with Crippen LogP contribution in [0.15, 0.2) is 47.3 Å². The van der Waals surface area contributed by atoms with Crippen LogP contribution in [0.3, 0.4) is 0 Å². The van der Waals surface area contributed by atoms with E-state index >= 15 is 0 Å². The summed E-state index contributed by atoms with van der Waals surface area (Å²) in [5, 5.41) is 1.60. The van der Waals surface area contributed by atoms with Crippen LogP contribution in [0.4, 0.5) is 0 Å². The highest BCUT2D eigenvalue weighted by atomic mass is 127. The van der Waals surface area contributed by atoms with Crippen molar-refractivity contribution < 1.29 is 4.74 Å². The summed E-state index contributed by atoms with van der Waals surface area (Å²) in [4.78, 5) is 12.4. The highest BCUT2D eigenvalue weighted by Gasteiger charge is 2.17. The maximum Gasteiger partial charge on any atom is 0.188 e. The van der Waals surface area contributed by atoms with Gasteiger partial charge in [0.1, 0.15) is 5.75 Å². The molecule has 1 aromatic heterocycles. The van der Waals surface area contributed by atoms with Crippen LogP contribution >= 0.6 is 22.6 Å². The molecule has 0 aliphatic carbocycles. The molecule has 112 valence electrons. The minimum absolute atomic E-state index is 0.0168. The third kappa shape index (κ3) is 2.31. The lowest BCUT2D eigenvalue weighted by Crippen LogP contribution is -2.01. The average Bonchev–Trinajstić information content (AvgIpc) is 2.66. The number of benzene rings is 1. The lowest BCUT2D eigenvalue weighted by molar-refractivity contribution is 0.420. The summed E-state index contributed by atoms with van der Waals surface area (Å²) in [6.45, 7) is 4.00. The van der Waals surface area contributed by atoms with E-state index in [2.05, 4.69) is 51.4 Å². The third-order valence-electron chi connectivity index (χ3n) is 3.94. The first kappa shape index (κ1) is 15.1. The fraction of sp³-hybridized carbons (Fsp3) is 0.167. The molecule has 0 radical (unpaired) electrons. The standard InChI is InChI=1S/C18H16INO2/c1-11-17-15(21)5-4-6-16(22-3)18(17)12(2)20(11)14-9-7-13(19)8-10-14/h4-10H,1-3H3. The van der Waals surface area contributed by atoms with E-state index in [0.717, 1.165) is 33.6 Å². The molecule has 2 aromatic carbocycles. The van der Waals surface area contributed by atoms with Gasteiger partial charge in [-0.3, -0.25) is 4.79 Å². The van der Waals surface area contributed by atoms with E-state index < -0.39 is 0 Å². The van der Waals surface area contributed by atoms with Crippen molar-refractivity contribution in [2.45, 2.75) is 13.8 Å². The molecule has 0 aliphatic rings. The van der Waals surface area contributed by atoms with Crippen molar-refractivity contribution in [1.82, 2.24) is 4.57 Å². The molecule has 0 aliphatic heterocycles. The van der Waals surface area contributed by atoms with E-state index in [9.17, 15) is 4.79 Å². The summed E-state index contributed by atoms with van der Waals surface area (Å²) in [7, 11) is 1.64. The Labute approximate surface area is 142 Å². The van der Waals surface area contributed by atoms with Crippen molar-refractivity contribution in [2.24, 2.45) is 0 Å². The Hall–Kier alpha value is -1.82. The van der Waals surface area contributed by atoms with Crippen molar-refractivity contribution in [3.8, 4) is 11.4 Å². The molecular formula is C18H16INO2. The van der Waals surface area contributed by atoms with Gasteiger partial charge in [0.25, 0.3) is 0 Å². The topological polar surface area (TPSA) is 31.2 Å². The van der Waals surface area contributed by atoms with Crippen LogP contribution in [0.25, 0.3) is 16.5 Å². The first-order chi connectivity index (χ1) is 10.5. The number of ether oxygens (including phenoxy) is 1. The molecule has 3 nitrogen and oxygen atoms in total. The molecule has 0 unspecified atom stereocenters. The van der Waals surface area contributed by atoms with Crippen molar-refractivity contribution >= 4 is 33.4 Å². The molecule has 0 saturated heterocycles. The van der Waals surface area contributed by atoms with Gasteiger partial charge in [0.15, 0.2) is 5.43 Å². The van der Waals surface area contributed by atoms with Crippen LogP contribution in [0, 0.1) is 17.4 Å². The quantitative estimate of drug-likeness (QED) is 0.598. The van der Waals surface area contributed by atoms with Gasteiger partial charge in [0.2, 0.25) is 0 Å². The molecule has 0 saturated carbocycles. The van der Waals surface area contributed by atoms with Crippen LogP contribution in [0.5, 0.6) is 5.75 Å². The highest BCUT2D eigenvalue weighted by Crippen LogP contribution is 2.32. The number of rotatable bonds is 2. The second-order valence-electron chi connectivity index (χ2n) is 5.19. The minimum Gasteiger partial charge on any atom is -0.496 e. The van der Waals surface area contributed by atoms with Gasteiger partial charge in [-0.15, -0.1) is 0 Å². The minimum atomic E-state index is 0.0168. The molecular weight excluding hydrogens is 389 g/mol. The summed E-state index contributed by atoms with van der Waals surface area (Å²) < 4.78 is 8.79. The number of aromatic nitrogens is 1. The number of aryl methyl sites for hydroxylation is 2. The molecule has 0 amide bonds. The maximum atomic E-state index is 12.4. The zero-order chi connectivity index (χ0) is 15.9. The number of halogens is 1. The smallest absolute Gasteiger partial charge is 0.188 e.